The van der Waals surface area contributed by atoms with Crippen molar-refractivity contribution in [1.82, 2.24) is 14.3 Å². The van der Waals surface area contributed by atoms with Crippen LogP contribution in [0.2, 0.25) is 0 Å². The van der Waals surface area contributed by atoms with Crippen molar-refractivity contribution in [3.63, 3.8) is 0 Å². The molecule has 0 saturated heterocycles. The Morgan fingerprint density at radius 1 is 1.47 bits per heavy atom. The van der Waals surface area contributed by atoms with E-state index in [0.717, 1.165) is 18.7 Å². The summed E-state index contributed by atoms with van der Waals surface area (Å²) in [6.45, 7) is 4.96. The van der Waals surface area contributed by atoms with Gasteiger partial charge in [-0.2, -0.15) is 5.10 Å². The Morgan fingerprint density at radius 2 is 2.24 bits per heavy atom. The molecule has 0 aliphatic heterocycles. The van der Waals surface area contributed by atoms with E-state index in [-0.39, 0.29) is 6.04 Å². The molecule has 0 radical (unpaired) electrons. The molecular weight excluding hydrogens is 212 g/mol. The van der Waals surface area contributed by atoms with Gasteiger partial charge in [0, 0.05) is 25.5 Å². The van der Waals surface area contributed by atoms with Crippen LogP contribution in [0.15, 0.2) is 24.5 Å². The van der Waals surface area contributed by atoms with E-state index in [1.165, 1.54) is 11.3 Å². The molecule has 0 amide bonds. The second-order valence-electron chi connectivity index (χ2n) is 4.53. The average molecular weight is 232 g/mol. The van der Waals surface area contributed by atoms with Gasteiger partial charge in [-0.25, -0.2) is 0 Å². The van der Waals surface area contributed by atoms with Gasteiger partial charge in [0.25, 0.3) is 0 Å². The third-order valence-electron chi connectivity index (χ3n) is 3.08. The van der Waals surface area contributed by atoms with E-state index in [1.807, 2.05) is 18.7 Å². The lowest BCUT2D eigenvalue weighted by atomic mass is 10.1. The fourth-order valence-electron chi connectivity index (χ4n) is 2.01. The van der Waals surface area contributed by atoms with Gasteiger partial charge in [-0.15, -0.1) is 0 Å². The first-order valence-electron chi connectivity index (χ1n) is 6.01. The lowest BCUT2D eigenvalue weighted by Gasteiger charge is -2.06. The number of hydrogen-bond donors (Lipinski definition) is 1. The van der Waals surface area contributed by atoms with Crippen LogP contribution in [0.5, 0.6) is 0 Å². The zero-order chi connectivity index (χ0) is 12.4. The minimum Gasteiger partial charge on any atom is -0.348 e. The molecule has 2 aromatic heterocycles. The van der Waals surface area contributed by atoms with Gasteiger partial charge in [0.2, 0.25) is 0 Å². The van der Waals surface area contributed by atoms with Gasteiger partial charge in [0.15, 0.2) is 0 Å². The van der Waals surface area contributed by atoms with Crippen molar-refractivity contribution >= 4 is 0 Å². The SMILES string of the molecule is CCC(N)c1ccn(Cc2cc(C)nn2C)c1. The molecule has 2 heterocycles. The van der Waals surface area contributed by atoms with Crippen LogP contribution >= 0.6 is 0 Å². The van der Waals surface area contributed by atoms with E-state index >= 15 is 0 Å². The molecule has 4 nitrogen and oxygen atoms in total. The highest BCUT2D eigenvalue weighted by molar-refractivity contribution is 5.17. The molecule has 0 aromatic carbocycles. The monoisotopic (exact) mass is 232 g/mol. The van der Waals surface area contributed by atoms with Crippen molar-refractivity contribution in [3.05, 3.63) is 41.5 Å². The Labute approximate surface area is 102 Å². The van der Waals surface area contributed by atoms with Gasteiger partial charge in [-0.3, -0.25) is 4.68 Å². The maximum atomic E-state index is 6.00. The van der Waals surface area contributed by atoms with Gasteiger partial charge in [-0.1, -0.05) is 6.92 Å². The Bertz CT molecular complexity index is 495. The van der Waals surface area contributed by atoms with E-state index in [0.29, 0.717) is 0 Å². The maximum absolute atomic E-state index is 6.00. The number of rotatable bonds is 4. The van der Waals surface area contributed by atoms with Gasteiger partial charge >= 0.3 is 0 Å². The predicted octanol–water partition coefficient (Wildman–Crippen LogP) is 1.99. The summed E-state index contributed by atoms with van der Waals surface area (Å²) < 4.78 is 4.08. The highest BCUT2D eigenvalue weighted by Crippen LogP contribution is 2.15. The Balaban J connectivity index is 2.14. The summed E-state index contributed by atoms with van der Waals surface area (Å²) in [5, 5.41) is 4.34. The summed E-state index contributed by atoms with van der Waals surface area (Å²) in [5.41, 5.74) is 9.46. The van der Waals surface area contributed by atoms with Crippen LogP contribution < -0.4 is 5.73 Å². The maximum Gasteiger partial charge on any atom is 0.0639 e. The molecular formula is C13H20N4. The van der Waals surface area contributed by atoms with Crippen LogP contribution in [0.4, 0.5) is 0 Å². The van der Waals surface area contributed by atoms with Crippen molar-refractivity contribution in [2.75, 3.05) is 0 Å². The third-order valence-corrected chi connectivity index (χ3v) is 3.08. The van der Waals surface area contributed by atoms with Gasteiger partial charge in [-0.05, 0) is 31.0 Å². The molecule has 2 rings (SSSR count). The van der Waals surface area contributed by atoms with E-state index in [2.05, 4.69) is 41.1 Å². The van der Waals surface area contributed by atoms with Crippen LogP contribution in [-0.2, 0) is 13.6 Å². The molecule has 0 spiro atoms. The van der Waals surface area contributed by atoms with Crippen LogP contribution in [-0.4, -0.2) is 14.3 Å². The fourth-order valence-corrected chi connectivity index (χ4v) is 2.01. The van der Waals surface area contributed by atoms with Crippen LogP contribution in [0.1, 0.15) is 36.3 Å². The second kappa shape index (κ2) is 4.75. The summed E-state index contributed by atoms with van der Waals surface area (Å²) in [7, 11) is 1.98. The predicted molar refractivity (Wildman–Crippen MR) is 68.7 cm³/mol. The zero-order valence-corrected chi connectivity index (χ0v) is 10.7. The summed E-state index contributed by atoms with van der Waals surface area (Å²) in [5.74, 6) is 0. The molecule has 1 unspecified atom stereocenters. The first-order valence-corrected chi connectivity index (χ1v) is 6.01. The third kappa shape index (κ3) is 2.58. The molecule has 0 saturated carbocycles. The molecule has 0 bridgehead atoms. The summed E-state index contributed by atoms with van der Waals surface area (Å²) >= 11 is 0. The lowest BCUT2D eigenvalue weighted by molar-refractivity contribution is 0.658. The Morgan fingerprint density at radius 3 is 2.82 bits per heavy atom. The van der Waals surface area contributed by atoms with Crippen molar-refractivity contribution in [3.8, 4) is 0 Å². The topological polar surface area (TPSA) is 48.8 Å². The normalized spacial score (nSPS) is 12.9. The first kappa shape index (κ1) is 11.9. The number of aryl methyl sites for hydroxylation is 2. The van der Waals surface area contributed by atoms with Crippen molar-refractivity contribution in [2.45, 2.75) is 32.9 Å². The standard InChI is InChI=1S/C13H20N4/c1-4-13(14)11-5-6-17(8-11)9-12-7-10(2)15-16(12)3/h5-8,13H,4,9,14H2,1-3H3. The van der Waals surface area contributed by atoms with Crippen LogP contribution in [0.3, 0.4) is 0 Å². The quantitative estimate of drug-likeness (QED) is 0.876. The summed E-state index contributed by atoms with van der Waals surface area (Å²) in [6.07, 6.45) is 5.17. The van der Waals surface area contributed by atoms with Crippen LogP contribution in [0, 0.1) is 6.92 Å². The van der Waals surface area contributed by atoms with Crippen molar-refractivity contribution < 1.29 is 0 Å². The van der Waals surface area contributed by atoms with E-state index in [1.54, 1.807) is 0 Å². The Kier molecular flexibility index (Phi) is 3.33. The molecule has 92 valence electrons. The molecule has 0 aliphatic carbocycles. The zero-order valence-electron chi connectivity index (χ0n) is 10.7. The number of hydrogen-bond acceptors (Lipinski definition) is 2. The van der Waals surface area contributed by atoms with E-state index < -0.39 is 0 Å². The molecule has 1 atom stereocenters. The minimum absolute atomic E-state index is 0.143. The molecule has 2 N–H and O–H groups in total. The molecule has 0 fully saturated rings. The molecule has 17 heavy (non-hydrogen) atoms. The van der Waals surface area contributed by atoms with Gasteiger partial charge < -0.3 is 10.3 Å². The van der Waals surface area contributed by atoms with Crippen molar-refractivity contribution in [2.24, 2.45) is 12.8 Å². The first-order chi connectivity index (χ1) is 8.10. The smallest absolute Gasteiger partial charge is 0.0639 e. The number of aromatic nitrogens is 3. The molecule has 0 aliphatic rings. The van der Waals surface area contributed by atoms with Crippen molar-refractivity contribution in [1.29, 1.82) is 0 Å². The Hall–Kier alpha value is -1.55. The minimum atomic E-state index is 0.143. The van der Waals surface area contributed by atoms with E-state index in [9.17, 15) is 0 Å². The molecule has 4 heteroatoms. The fraction of sp³-hybridized carbons (Fsp3) is 0.462. The number of nitrogens with zero attached hydrogens (tertiary/aromatic N) is 3. The largest absolute Gasteiger partial charge is 0.348 e. The van der Waals surface area contributed by atoms with E-state index in [4.69, 9.17) is 5.73 Å². The molecule has 2 aromatic rings. The summed E-state index contributed by atoms with van der Waals surface area (Å²) in [4.78, 5) is 0. The highest BCUT2D eigenvalue weighted by atomic mass is 15.3. The highest BCUT2D eigenvalue weighted by Gasteiger charge is 2.07. The second-order valence-corrected chi connectivity index (χ2v) is 4.53. The average Bonchev–Trinajstić information content (AvgIpc) is 2.86. The van der Waals surface area contributed by atoms with Gasteiger partial charge in [0.05, 0.1) is 17.9 Å². The number of nitrogens with two attached hydrogens (primary N) is 1. The summed E-state index contributed by atoms with van der Waals surface area (Å²) in [6, 6.07) is 4.35. The van der Waals surface area contributed by atoms with Gasteiger partial charge in [0.1, 0.15) is 0 Å². The lowest BCUT2D eigenvalue weighted by Crippen LogP contribution is -2.08. The van der Waals surface area contributed by atoms with Crippen LogP contribution in [0.25, 0.3) is 0 Å².